The third kappa shape index (κ3) is 5.42. The van der Waals surface area contributed by atoms with Crippen LogP contribution in [0.1, 0.15) is 16.8 Å². The molecule has 2 aromatic carbocycles. The number of aromatic nitrogens is 1. The molecule has 142 valence electrons. The summed E-state index contributed by atoms with van der Waals surface area (Å²) in [4.78, 5) is 0. The second-order valence-corrected chi connectivity index (χ2v) is 8.11. The van der Waals surface area contributed by atoms with Gasteiger partial charge in [0.15, 0.2) is 5.76 Å². The molecule has 1 aromatic heterocycles. The van der Waals surface area contributed by atoms with E-state index in [9.17, 15) is 8.42 Å². The highest BCUT2D eigenvalue weighted by atomic mass is 32.2. The van der Waals surface area contributed by atoms with Gasteiger partial charge in [0.1, 0.15) is 5.75 Å². The Morgan fingerprint density at radius 2 is 1.93 bits per heavy atom. The highest BCUT2D eigenvalue weighted by Gasteiger charge is 2.13. The van der Waals surface area contributed by atoms with Gasteiger partial charge < -0.3 is 9.26 Å². The van der Waals surface area contributed by atoms with Crippen molar-refractivity contribution in [2.45, 2.75) is 19.1 Å². The van der Waals surface area contributed by atoms with Crippen LogP contribution in [-0.2, 0) is 22.2 Å². The molecule has 7 heteroatoms. The fraction of sp³-hybridized carbons (Fsp3) is 0.250. The van der Waals surface area contributed by atoms with Gasteiger partial charge in [-0.3, -0.25) is 0 Å². The third-order valence-corrected chi connectivity index (χ3v) is 5.41. The standard InChI is InChI=1S/C20H22N2O4S/c1-15-5-3-6-16(11-15)14-27(23,24)21-10-9-18-13-20(26-22-18)17-7-4-8-19(12-17)25-2/h3-8,11-13,21H,9-10,14H2,1-2H3. The molecule has 6 nitrogen and oxygen atoms in total. The first-order valence-corrected chi connectivity index (χ1v) is 10.2. The molecule has 0 radical (unpaired) electrons. The molecule has 0 aliphatic heterocycles. The van der Waals surface area contributed by atoms with Crippen molar-refractivity contribution in [3.8, 4) is 17.1 Å². The minimum Gasteiger partial charge on any atom is -0.497 e. The number of benzene rings is 2. The van der Waals surface area contributed by atoms with Gasteiger partial charge in [-0.25, -0.2) is 13.1 Å². The van der Waals surface area contributed by atoms with Gasteiger partial charge in [0.2, 0.25) is 10.0 Å². The SMILES string of the molecule is COc1cccc(-c2cc(CCNS(=O)(=O)Cc3cccc(C)c3)no2)c1. The van der Waals surface area contributed by atoms with Gasteiger partial charge in [-0.2, -0.15) is 0 Å². The molecule has 0 saturated heterocycles. The zero-order valence-corrected chi connectivity index (χ0v) is 16.1. The van der Waals surface area contributed by atoms with Gasteiger partial charge >= 0.3 is 0 Å². The summed E-state index contributed by atoms with van der Waals surface area (Å²) in [5, 5.41) is 4.01. The van der Waals surface area contributed by atoms with Crippen LogP contribution in [0.3, 0.4) is 0 Å². The molecular weight excluding hydrogens is 364 g/mol. The number of nitrogens with one attached hydrogen (secondary N) is 1. The number of sulfonamides is 1. The molecule has 1 heterocycles. The third-order valence-electron chi connectivity index (χ3n) is 4.06. The average molecular weight is 386 g/mol. The molecule has 0 bridgehead atoms. The minimum absolute atomic E-state index is 0.0391. The zero-order valence-electron chi connectivity index (χ0n) is 15.3. The molecule has 0 saturated carbocycles. The second kappa shape index (κ2) is 8.37. The van der Waals surface area contributed by atoms with Crippen LogP contribution in [0.5, 0.6) is 5.75 Å². The Morgan fingerprint density at radius 1 is 1.11 bits per heavy atom. The van der Waals surface area contributed by atoms with Crippen LogP contribution in [0.4, 0.5) is 0 Å². The molecule has 3 rings (SSSR count). The Morgan fingerprint density at radius 3 is 2.70 bits per heavy atom. The summed E-state index contributed by atoms with van der Waals surface area (Å²) in [6, 6.07) is 16.8. The number of hydrogen-bond donors (Lipinski definition) is 1. The van der Waals surface area contributed by atoms with E-state index in [0.29, 0.717) is 17.9 Å². The quantitative estimate of drug-likeness (QED) is 0.642. The van der Waals surface area contributed by atoms with Crippen molar-refractivity contribution < 1.29 is 17.7 Å². The zero-order chi connectivity index (χ0) is 19.3. The van der Waals surface area contributed by atoms with Gasteiger partial charge in [-0.15, -0.1) is 0 Å². The Bertz CT molecular complexity index is 1010. The normalized spacial score (nSPS) is 11.5. The molecule has 0 amide bonds. The lowest BCUT2D eigenvalue weighted by Gasteiger charge is -2.06. The van der Waals surface area contributed by atoms with Crippen LogP contribution in [0, 0.1) is 6.92 Å². The van der Waals surface area contributed by atoms with E-state index in [1.807, 2.05) is 61.5 Å². The molecule has 27 heavy (non-hydrogen) atoms. The Kier molecular flexibility index (Phi) is 5.93. The molecular formula is C20H22N2O4S. The van der Waals surface area contributed by atoms with E-state index < -0.39 is 10.0 Å². The van der Waals surface area contributed by atoms with Crippen molar-refractivity contribution in [2.75, 3.05) is 13.7 Å². The number of methoxy groups -OCH3 is 1. The summed E-state index contributed by atoms with van der Waals surface area (Å²) in [6.45, 7) is 2.20. The van der Waals surface area contributed by atoms with Crippen LogP contribution in [0.15, 0.2) is 59.1 Å². The molecule has 1 N–H and O–H groups in total. The van der Waals surface area contributed by atoms with E-state index in [1.165, 1.54) is 0 Å². The molecule has 0 unspecified atom stereocenters. The van der Waals surface area contributed by atoms with Crippen LogP contribution < -0.4 is 9.46 Å². The molecule has 0 spiro atoms. The minimum atomic E-state index is -3.40. The summed E-state index contributed by atoms with van der Waals surface area (Å²) < 4.78 is 37.6. The maximum absolute atomic E-state index is 12.2. The topological polar surface area (TPSA) is 81.4 Å². The Hall–Kier alpha value is -2.64. The van der Waals surface area contributed by atoms with E-state index in [-0.39, 0.29) is 12.3 Å². The maximum atomic E-state index is 12.2. The Balaban J connectivity index is 1.57. The van der Waals surface area contributed by atoms with Crippen molar-refractivity contribution >= 4 is 10.0 Å². The molecule has 0 fully saturated rings. The molecule has 0 atom stereocenters. The van der Waals surface area contributed by atoms with Crippen LogP contribution in [0.25, 0.3) is 11.3 Å². The van der Waals surface area contributed by atoms with E-state index in [1.54, 1.807) is 7.11 Å². The predicted octanol–water partition coefficient (Wildman–Crippen LogP) is 3.32. The van der Waals surface area contributed by atoms with E-state index in [4.69, 9.17) is 9.26 Å². The summed E-state index contributed by atoms with van der Waals surface area (Å²) in [7, 11) is -1.80. The number of rotatable bonds is 8. The van der Waals surface area contributed by atoms with Crippen LogP contribution in [-0.4, -0.2) is 27.2 Å². The van der Waals surface area contributed by atoms with Gasteiger partial charge in [0.25, 0.3) is 0 Å². The fourth-order valence-corrected chi connectivity index (χ4v) is 3.88. The summed E-state index contributed by atoms with van der Waals surface area (Å²) in [5.74, 6) is 1.31. The van der Waals surface area contributed by atoms with Gasteiger partial charge in [0, 0.05) is 24.6 Å². The fourth-order valence-electron chi connectivity index (χ4n) is 2.75. The van der Waals surface area contributed by atoms with E-state index >= 15 is 0 Å². The number of ether oxygens (including phenoxy) is 1. The lowest BCUT2D eigenvalue weighted by molar-refractivity contribution is 0.412. The lowest BCUT2D eigenvalue weighted by atomic mass is 10.1. The molecule has 3 aromatic rings. The number of nitrogens with zero attached hydrogens (tertiary/aromatic N) is 1. The summed E-state index contributed by atoms with van der Waals surface area (Å²) in [5.41, 5.74) is 3.35. The average Bonchev–Trinajstić information content (AvgIpc) is 3.10. The van der Waals surface area contributed by atoms with E-state index in [2.05, 4.69) is 9.88 Å². The molecule has 0 aliphatic carbocycles. The van der Waals surface area contributed by atoms with E-state index in [0.717, 1.165) is 22.4 Å². The Labute approximate surface area is 159 Å². The number of hydrogen-bond acceptors (Lipinski definition) is 5. The summed E-state index contributed by atoms with van der Waals surface area (Å²) >= 11 is 0. The maximum Gasteiger partial charge on any atom is 0.215 e. The second-order valence-electron chi connectivity index (χ2n) is 6.31. The monoisotopic (exact) mass is 386 g/mol. The van der Waals surface area contributed by atoms with Crippen molar-refractivity contribution in [1.29, 1.82) is 0 Å². The van der Waals surface area contributed by atoms with Crippen molar-refractivity contribution in [3.63, 3.8) is 0 Å². The largest absolute Gasteiger partial charge is 0.497 e. The first-order valence-electron chi connectivity index (χ1n) is 8.58. The molecule has 0 aliphatic rings. The number of aryl methyl sites for hydroxylation is 1. The van der Waals surface area contributed by atoms with Crippen LogP contribution in [0.2, 0.25) is 0 Å². The first-order chi connectivity index (χ1) is 12.9. The highest BCUT2D eigenvalue weighted by molar-refractivity contribution is 7.88. The van der Waals surface area contributed by atoms with Gasteiger partial charge in [-0.1, -0.05) is 47.1 Å². The van der Waals surface area contributed by atoms with Gasteiger partial charge in [-0.05, 0) is 24.6 Å². The lowest BCUT2D eigenvalue weighted by Crippen LogP contribution is -2.27. The highest BCUT2D eigenvalue weighted by Crippen LogP contribution is 2.24. The van der Waals surface area contributed by atoms with Crippen molar-refractivity contribution in [2.24, 2.45) is 0 Å². The smallest absolute Gasteiger partial charge is 0.215 e. The first kappa shape index (κ1) is 19.1. The van der Waals surface area contributed by atoms with Crippen molar-refractivity contribution in [1.82, 2.24) is 9.88 Å². The van der Waals surface area contributed by atoms with Gasteiger partial charge in [0.05, 0.1) is 18.6 Å². The van der Waals surface area contributed by atoms with Crippen molar-refractivity contribution in [3.05, 3.63) is 71.4 Å². The predicted molar refractivity (Wildman–Crippen MR) is 104 cm³/mol. The van der Waals surface area contributed by atoms with Crippen LogP contribution >= 0.6 is 0 Å². The summed E-state index contributed by atoms with van der Waals surface area (Å²) in [6.07, 6.45) is 0.445.